The molecule has 0 amide bonds. The average molecular weight is 536 g/mol. The van der Waals surface area contributed by atoms with Crippen LogP contribution in [0.5, 0.6) is 0 Å². The maximum absolute atomic E-state index is 12.9. The molecule has 1 unspecified atom stereocenters. The molecule has 40 heavy (non-hydrogen) atoms. The van der Waals surface area contributed by atoms with Gasteiger partial charge in [-0.05, 0) is 61.0 Å². The molecule has 0 radical (unpaired) electrons. The summed E-state index contributed by atoms with van der Waals surface area (Å²) in [6, 6.07) is 23.8. The van der Waals surface area contributed by atoms with Gasteiger partial charge in [-0.3, -0.25) is 4.79 Å². The first-order valence-electron chi connectivity index (χ1n) is 13.5. The molecule has 0 saturated heterocycles. The Morgan fingerprint density at radius 2 is 1.73 bits per heavy atom. The Bertz CT molecular complexity index is 1700. The number of imidazole rings is 1. The van der Waals surface area contributed by atoms with E-state index in [1.54, 1.807) is 30.2 Å². The number of benzene rings is 3. The molecule has 3 aromatic carbocycles. The van der Waals surface area contributed by atoms with E-state index in [9.17, 15) is 9.90 Å². The van der Waals surface area contributed by atoms with E-state index in [4.69, 9.17) is 0 Å². The highest BCUT2D eigenvalue weighted by atomic mass is 16.3. The number of aliphatic hydroxyl groups is 1. The van der Waals surface area contributed by atoms with Gasteiger partial charge in [0.2, 0.25) is 0 Å². The zero-order chi connectivity index (χ0) is 28.4. The van der Waals surface area contributed by atoms with Gasteiger partial charge in [0.15, 0.2) is 5.60 Å². The number of rotatable bonds is 9. The molecule has 1 atom stereocenters. The number of aromatic nitrogens is 3. The van der Waals surface area contributed by atoms with E-state index in [1.807, 2.05) is 67.1 Å². The summed E-state index contributed by atoms with van der Waals surface area (Å²) >= 11 is 0. The predicted molar refractivity (Wildman–Crippen MR) is 161 cm³/mol. The third kappa shape index (κ3) is 5.23. The molecular weight excluding hydrogens is 498 g/mol. The zero-order valence-electron chi connectivity index (χ0n) is 23.8. The van der Waals surface area contributed by atoms with Gasteiger partial charge in [-0.15, -0.1) is 0 Å². The maximum Gasteiger partial charge on any atom is 0.251 e. The van der Waals surface area contributed by atoms with Crippen molar-refractivity contribution in [1.82, 2.24) is 24.3 Å². The molecule has 5 rings (SSSR count). The number of hydrogen-bond acceptors (Lipinski definition) is 5. The van der Waals surface area contributed by atoms with Crippen LogP contribution in [0.1, 0.15) is 27.9 Å². The number of nitrogens with one attached hydrogen (secondary N) is 1. The van der Waals surface area contributed by atoms with Gasteiger partial charge in [0.1, 0.15) is 0 Å². The summed E-state index contributed by atoms with van der Waals surface area (Å²) in [7, 11) is 7.79. The van der Waals surface area contributed by atoms with Crippen molar-refractivity contribution in [2.75, 3.05) is 27.2 Å². The lowest BCUT2D eigenvalue weighted by molar-refractivity contribution is 0.117. The van der Waals surface area contributed by atoms with Crippen molar-refractivity contribution in [2.45, 2.75) is 19.1 Å². The van der Waals surface area contributed by atoms with Crippen LogP contribution >= 0.6 is 0 Å². The fourth-order valence-corrected chi connectivity index (χ4v) is 5.30. The third-order valence-corrected chi connectivity index (χ3v) is 7.62. The fourth-order valence-electron chi connectivity index (χ4n) is 5.30. The second-order valence-corrected chi connectivity index (χ2v) is 10.8. The van der Waals surface area contributed by atoms with Gasteiger partial charge in [-0.1, -0.05) is 60.2 Å². The van der Waals surface area contributed by atoms with Crippen LogP contribution in [0.4, 0.5) is 0 Å². The molecule has 0 spiro atoms. The SMILES string of the molecule is Cc1cccc(-c2cc(=O)n(C)c3ccc(C(O)(c4ccc(CNCCN(C)C)cc4)c4cncn4C)cc23)c1. The second kappa shape index (κ2) is 11.2. The molecule has 2 heterocycles. The van der Waals surface area contributed by atoms with E-state index >= 15 is 0 Å². The number of fused-ring (bicyclic) bond motifs is 1. The van der Waals surface area contributed by atoms with Crippen molar-refractivity contribution in [2.24, 2.45) is 14.1 Å². The van der Waals surface area contributed by atoms with Crippen LogP contribution in [-0.4, -0.2) is 51.3 Å². The highest BCUT2D eigenvalue weighted by Crippen LogP contribution is 2.39. The number of nitrogens with zero attached hydrogens (tertiary/aromatic N) is 4. The molecular formula is C33H37N5O2. The third-order valence-electron chi connectivity index (χ3n) is 7.62. The van der Waals surface area contributed by atoms with Crippen LogP contribution in [0.25, 0.3) is 22.0 Å². The molecule has 2 N–H and O–H groups in total. The van der Waals surface area contributed by atoms with E-state index in [2.05, 4.69) is 47.5 Å². The van der Waals surface area contributed by atoms with E-state index in [0.29, 0.717) is 11.3 Å². The summed E-state index contributed by atoms with van der Waals surface area (Å²) in [5, 5.41) is 17.0. The molecule has 0 aliphatic heterocycles. The minimum atomic E-state index is -1.46. The summed E-state index contributed by atoms with van der Waals surface area (Å²) in [5.74, 6) is 0. The Balaban J connectivity index is 1.64. The lowest BCUT2D eigenvalue weighted by Crippen LogP contribution is -2.31. The van der Waals surface area contributed by atoms with Crippen LogP contribution in [0.3, 0.4) is 0 Å². The van der Waals surface area contributed by atoms with Crippen LogP contribution < -0.4 is 10.9 Å². The van der Waals surface area contributed by atoms with Gasteiger partial charge < -0.3 is 24.5 Å². The monoisotopic (exact) mass is 535 g/mol. The molecule has 0 fully saturated rings. The van der Waals surface area contributed by atoms with Crippen molar-refractivity contribution >= 4 is 10.9 Å². The fraction of sp³-hybridized carbons (Fsp3) is 0.273. The molecule has 2 aromatic heterocycles. The van der Waals surface area contributed by atoms with Crippen molar-refractivity contribution in [3.63, 3.8) is 0 Å². The molecule has 0 saturated carbocycles. The molecule has 0 aliphatic carbocycles. The van der Waals surface area contributed by atoms with E-state index in [0.717, 1.165) is 58.4 Å². The minimum Gasteiger partial charge on any atom is -0.374 e. The Hall–Kier alpha value is -4.04. The van der Waals surface area contributed by atoms with Crippen molar-refractivity contribution < 1.29 is 5.11 Å². The van der Waals surface area contributed by atoms with Crippen LogP contribution in [-0.2, 0) is 26.2 Å². The van der Waals surface area contributed by atoms with Gasteiger partial charge in [0.25, 0.3) is 5.56 Å². The quantitative estimate of drug-likeness (QED) is 0.277. The van der Waals surface area contributed by atoms with E-state index < -0.39 is 5.60 Å². The van der Waals surface area contributed by atoms with Crippen molar-refractivity contribution in [1.29, 1.82) is 0 Å². The molecule has 7 heteroatoms. The van der Waals surface area contributed by atoms with Crippen molar-refractivity contribution in [3.05, 3.63) is 124 Å². The predicted octanol–water partition coefficient (Wildman–Crippen LogP) is 4.18. The summed E-state index contributed by atoms with van der Waals surface area (Å²) in [6.07, 6.45) is 3.41. The molecule has 5 aromatic rings. The molecule has 7 nitrogen and oxygen atoms in total. The molecule has 0 aliphatic rings. The van der Waals surface area contributed by atoms with Gasteiger partial charge in [-0.2, -0.15) is 0 Å². The van der Waals surface area contributed by atoms with Crippen molar-refractivity contribution in [3.8, 4) is 11.1 Å². The van der Waals surface area contributed by atoms with Gasteiger partial charge in [0.05, 0.1) is 23.7 Å². The standard InChI is InChI=1S/C33H37N5O2/c1-23-7-6-8-25(17-23)28-19-32(39)38(5)30-14-13-27(18-29(28)30)33(40,31-21-35-22-37(31)4)26-11-9-24(10-12-26)20-34-15-16-36(2)3/h6-14,17-19,21-22,34,40H,15-16,20H2,1-5H3. The largest absolute Gasteiger partial charge is 0.374 e. The Morgan fingerprint density at radius 1 is 0.975 bits per heavy atom. The Morgan fingerprint density at radius 3 is 2.40 bits per heavy atom. The van der Waals surface area contributed by atoms with Crippen LogP contribution in [0, 0.1) is 6.92 Å². The topological polar surface area (TPSA) is 75.3 Å². The Kier molecular flexibility index (Phi) is 7.72. The van der Waals surface area contributed by atoms with Gasteiger partial charge in [0, 0.05) is 45.2 Å². The Labute approximate surface area is 235 Å². The van der Waals surface area contributed by atoms with Gasteiger partial charge in [-0.25, -0.2) is 4.98 Å². The number of hydrogen-bond donors (Lipinski definition) is 2. The summed E-state index contributed by atoms with van der Waals surface area (Å²) in [4.78, 5) is 19.4. The first-order valence-corrected chi connectivity index (χ1v) is 13.5. The highest BCUT2D eigenvalue weighted by Gasteiger charge is 2.37. The van der Waals surface area contributed by atoms with E-state index in [1.165, 1.54) is 0 Å². The maximum atomic E-state index is 12.9. The van der Waals surface area contributed by atoms with E-state index in [-0.39, 0.29) is 5.56 Å². The van der Waals surface area contributed by atoms with Crippen LogP contribution in [0.15, 0.2) is 90.1 Å². The molecule has 206 valence electrons. The zero-order valence-corrected chi connectivity index (χ0v) is 23.8. The first kappa shape index (κ1) is 27.5. The molecule has 0 bridgehead atoms. The highest BCUT2D eigenvalue weighted by molar-refractivity contribution is 5.95. The first-order chi connectivity index (χ1) is 19.2. The number of likely N-dealkylation sites (N-methyl/N-ethyl adjacent to an activating group) is 1. The van der Waals surface area contributed by atoms with Crippen LogP contribution in [0.2, 0.25) is 0 Å². The summed E-state index contributed by atoms with van der Waals surface area (Å²) < 4.78 is 3.50. The average Bonchev–Trinajstić information content (AvgIpc) is 3.39. The lowest BCUT2D eigenvalue weighted by Gasteiger charge is -2.30. The number of aryl methyl sites for hydroxylation is 3. The normalized spacial score (nSPS) is 13.2. The summed E-state index contributed by atoms with van der Waals surface area (Å²) in [5.41, 5.74) is 5.44. The second-order valence-electron chi connectivity index (χ2n) is 10.8. The summed E-state index contributed by atoms with van der Waals surface area (Å²) in [6.45, 7) is 4.66. The smallest absolute Gasteiger partial charge is 0.251 e. The number of pyridine rings is 1. The minimum absolute atomic E-state index is 0.0755. The van der Waals surface area contributed by atoms with Gasteiger partial charge >= 0.3 is 0 Å². The lowest BCUT2D eigenvalue weighted by atomic mass is 9.82.